The minimum Gasteiger partial charge on any atom is -0.497 e. The quantitative estimate of drug-likeness (QED) is 0.167. The number of ether oxygens (including phenoxy) is 2. The Hall–Kier alpha value is -3.53. The zero-order valence-electron chi connectivity index (χ0n) is 16.6. The van der Waals surface area contributed by atoms with Crippen LogP contribution in [0.5, 0.6) is 11.5 Å². The molecular formula is C20H22N6O3S. The van der Waals surface area contributed by atoms with E-state index in [4.69, 9.17) is 15.3 Å². The SMILES string of the molecule is CCOc1ccc(/C=N/Nc2nnc(SCC(=O)c3cccc(OC)c3)n2N)cc1. The predicted molar refractivity (Wildman–Crippen MR) is 117 cm³/mol. The molecule has 3 rings (SSSR count). The van der Waals surface area contributed by atoms with E-state index in [1.54, 1.807) is 37.6 Å². The predicted octanol–water partition coefficient (Wildman–Crippen LogP) is 2.82. The van der Waals surface area contributed by atoms with E-state index in [9.17, 15) is 4.79 Å². The summed E-state index contributed by atoms with van der Waals surface area (Å²) in [5.41, 5.74) is 4.18. The third-order valence-electron chi connectivity index (χ3n) is 3.96. The topological polar surface area (TPSA) is 117 Å². The Kier molecular flexibility index (Phi) is 7.28. The summed E-state index contributed by atoms with van der Waals surface area (Å²) < 4.78 is 11.8. The number of benzene rings is 2. The van der Waals surface area contributed by atoms with Gasteiger partial charge < -0.3 is 15.3 Å². The molecule has 2 aromatic carbocycles. The number of hydrogen-bond donors (Lipinski definition) is 2. The van der Waals surface area contributed by atoms with Crippen LogP contribution in [-0.4, -0.2) is 46.3 Å². The van der Waals surface area contributed by atoms with Gasteiger partial charge in [-0.1, -0.05) is 23.9 Å². The highest BCUT2D eigenvalue weighted by molar-refractivity contribution is 7.99. The molecule has 0 spiro atoms. The average molecular weight is 427 g/mol. The van der Waals surface area contributed by atoms with Gasteiger partial charge in [-0.2, -0.15) is 5.10 Å². The van der Waals surface area contributed by atoms with Gasteiger partial charge in [0.15, 0.2) is 5.78 Å². The van der Waals surface area contributed by atoms with Crippen molar-refractivity contribution in [2.24, 2.45) is 5.10 Å². The van der Waals surface area contributed by atoms with Crippen molar-refractivity contribution in [1.82, 2.24) is 14.9 Å². The minimum absolute atomic E-state index is 0.0649. The standard InChI is InChI=1S/C20H22N6O3S/c1-3-29-16-9-7-14(8-10-16)12-22-23-19-24-25-20(26(19)21)30-13-18(27)15-5-4-6-17(11-15)28-2/h4-12H,3,13,21H2,1-2H3,(H,23,24)/b22-12+. The zero-order chi connectivity index (χ0) is 21.3. The van der Waals surface area contributed by atoms with Crippen molar-refractivity contribution >= 4 is 29.7 Å². The van der Waals surface area contributed by atoms with Crippen molar-refractivity contribution in [3.8, 4) is 11.5 Å². The van der Waals surface area contributed by atoms with Gasteiger partial charge in [0.25, 0.3) is 5.95 Å². The molecule has 0 bridgehead atoms. The fraction of sp³-hybridized carbons (Fsp3) is 0.200. The molecule has 0 aliphatic rings. The lowest BCUT2D eigenvalue weighted by Gasteiger charge is -2.04. The van der Waals surface area contributed by atoms with Gasteiger partial charge in [-0.25, -0.2) is 10.1 Å². The van der Waals surface area contributed by atoms with Crippen molar-refractivity contribution in [2.75, 3.05) is 30.7 Å². The second-order valence-corrected chi connectivity index (χ2v) is 6.93. The normalized spacial score (nSPS) is 10.9. The fourth-order valence-electron chi connectivity index (χ4n) is 2.44. The molecule has 0 unspecified atom stereocenters. The molecule has 0 radical (unpaired) electrons. The van der Waals surface area contributed by atoms with E-state index in [1.165, 1.54) is 16.4 Å². The molecule has 30 heavy (non-hydrogen) atoms. The van der Waals surface area contributed by atoms with Crippen LogP contribution in [0.15, 0.2) is 58.8 Å². The molecule has 10 heteroatoms. The van der Waals surface area contributed by atoms with Gasteiger partial charge in [0.1, 0.15) is 11.5 Å². The summed E-state index contributed by atoms with van der Waals surface area (Å²) in [6, 6.07) is 14.5. The van der Waals surface area contributed by atoms with E-state index in [1.807, 2.05) is 31.2 Å². The second kappa shape index (κ2) is 10.3. The number of carbonyl (C=O) groups excluding carboxylic acids is 1. The molecule has 9 nitrogen and oxygen atoms in total. The molecule has 0 saturated heterocycles. The van der Waals surface area contributed by atoms with E-state index in [2.05, 4.69) is 20.7 Å². The van der Waals surface area contributed by atoms with Crippen LogP contribution in [0.2, 0.25) is 0 Å². The summed E-state index contributed by atoms with van der Waals surface area (Å²) >= 11 is 1.19. The third-order valence-corrected chi connectivity index (χ3v) is 4.90. The van der Waals surface area contributed by atoms with Crippen LogP contribution in [0.25, 0.3) is 0 Å². The Balaban J connectivity index is 1.55. The van der Waals surface area contributed by atoms with Crippen molar-refractivity contribution in [1.29, 1.82) is 0 Å². The number of hydrazone groups is 1. The van der Waals surface area contributed by atoms with Crippen LogP contribution < -0.4 is 20.7 Å². The summed E-state index contributed by atoms with van der Waals surface area (Å²) in [6.07, 6.45) is 1.63. The Bertz CT molecular complexity index is 1020. The molecule has 156 valence electrons. The lowest BCUT2D eigenvalue weighted by Crippen LogP contribution is -2.14. The maximum absolute atomic E-state index is 12.4. The number of aromatic nitrogens is 3. The lowest BCUT2D eigenvalue weighted by molar-refractivity contribution is 0.102. The van der Waals surface area contributed by atoms with Crippen LogP contribution in [0.4, 0.5) is 5.95 Å². The number of ketones is 1. The molecule has 1 aromatic heterocycles. The number of nitrogen functional groups attached to an aromatic ring is 1. The molecule has 0 amide bonds. The van der Waals surface area contributed by atoms with Crippen molar-refractivity contribution in [3.05, 3.63) is 59.7 Å². The molecule has 1 heterocycles. The van der Waals surface area contributed by atoms with Gasteiger partial charge in [0, 0.05) is 5.56 Å². The van der Waals surface area contributed by atoms with Crippen LogP contribution in [0, 0.1) is 0 Å². The number of nitrogens with two attached hydrogens (primary N) is 1. The maximum Gasteiger partial charge on any atom is 0.264 e. The maximum atomic E-state index is 12.4. The van der Waals surface area contributed by atoms with Crippen molar-refractivity contribution < 1.29 is 14.3 Å². The van der Waals surface area contributed by atoms with Crippen molar-refractivity contribution in [2.45, 2.75) is 12.1 Å². The number of Topliss-reactive ketones (excluding diaryl/α,β-unsaturated/α-hetero) is 1. The van der Waals surface area contributed by atoms with E-state index >= 15 is 0 Å². The van der Waals surface area contributed by atoms with E-state index < -0.39 is 0 Å². The van der Waals surface area contributed by atoms with Gasteiger partial charge in [-0.05, 0) is 48.9 Å². The Morgan fingerprint density at radius 1 is 1.23 bits per heavy atom. The number of methoxy groups -OCH3 is 1. The van der Waals surface area contributed by atoms with Gasteiger partial charge in [-0.3, -0.25) is 4.79 Å². The molecule has 0 saturated carbocycles. The van der Waals surface area contributed by atoms with Crippen LogP contribution in [0.3, 0.4) is 0 Å². The summed E-state index contributed by atoms with van der Waals surface area (Å²) in [5.74, 6) is 7.78. The molecule has 3 aromatic rings. The monoisotopic (exact) mass is 426 g/mol. The number of thioether (sulfide) groups is 1. The Morgan fingerprint density at radius 2 is 2.03 bits per heavy atom. The first-order valence-electron chi connectivity index (χ1n) is 9.13. The van der Waals surface area contributed by atoms with Crippen molar-refractivity contribution in [3.63, 3.8) is 0 Å². The highest BCUT2D eigenvalue weighted by Crippen LogP contribution is 2.20. The molecule has 0 atom stereocenters. The number of nitrogens with zero attached hydrogens (tertiary/aromatic N) is 4. The first-order valence-corrected chi connectivity index (χ1v) is 10.1. The van der Waals surface area contributed by atoms with Crippen LogP contribution >= 0.6 is 11.8 Å². The summed E-state index contributed by atoms with van der Waals surface area (Å²) in [7, 11) is 1.56. The summed E-state index contributed by atoms with van der Waals surface area (Å²) in [4.78, 5) is 12.4. The molecular weight excluding hydrogens is 404 g/mol. The fourth-order valence-corrected chi connectivity index (χ4v) is 3.19. The molecule has 0 fully saturated rings. The van der Waals surface area contributed by atoms with E-state index in [0.717, 1.165) is 11.3 Å². The Morgan fingerprint density at radius 3 is 2.77 bits per heavy atom. The molecule has 0 aliphatic carbocycles. The number of nitrogens with one attached hydrogen (secondary N) is 1. The second-order valence-electron chi connectivity index (χ2n) is 5.99. The average Bonchev–Trinajstić information content (AvgIpc) is 3.13. The lowest BCUT2D eigenvalue weighted by atomic mass is 10.1. The summed E-state index contributed by atoms with van der Waals surface area (Å²) in [6.45, 7) is 2.55. The highest BCUT2D eigenvalue weighted by Gasteiger charge is 2.13. The molecule has 3 N–H and O–H groups in total. The van der Waals surface area contributed by atoms with Gasteiger partial charge in [-0.15, -0.1) is 10.2 Å². The number of hydrogen-bond acceptors (Lipinski definition) is 9. The summed E-state index contributed by atoms with van der Waals surface area (Å²) in [5, 5.41) is 12.5. The number of carbonyl (C=O) groups is 1. The largest absolute Gasteiger partial charge is 0.497 e. The first-order chi connectivity index (χ1) is 14.6. The molecule has 0 aliphatic heterocycles. The van der Waals surface area contributed by atoms with Gasteiger partial charge in [0.05, 0.1) is 25.7 Å². The van der Waals surface area contributed by atoms with Gasteiger partial charge >= 0.3 is 0 Å². The first kappa shape index (κ1) is 21.2. The van der Waals surface area contributed by atoms with Crippen LogP contribution in [-0.2, 0) is 0 Å². The van der Waals surface area contributed by atoms with Crippen LogP contribution in [0.1, 0.15) is 22.8 Å². The number of rotatable bonds is 10. The highest BCUT2D eigenvalue weighted by atomic mass is 32.2. The van der Waals surface area contributed by atoms with E-state index in [-0.39, 0.29) is 17.5 Å². The number of anilines is 1. The zero-order valence-corrected chi connectivity index (χ0v) is 17.4. The third kappa shape index (κ3) is 5.51. The Labute approximate surface area is 178 Å². The minimum atomic E-state index is -0.0649. The van der Waals surface area contributed by atoms with Gasteiger partial charge in [0.2, 0.25) is 5.16 Å². The van der Waals surface area contributed by atoms with E-state index in [0.29, 0.717) is 23.1 Å². The smallest absolute Gasteiger partial charge is 0.264 e.